The SMILES string of the molecule is CCNC(=NCc1ccc(F)cc1CSC)NCC(O)Cc1ccccc1. The number of aliphatic hydroxyl groups excluding tert-OH is 1. The molecule has 3 N–H and O–H groups in total. The number of halogens is 1. The number of nitrogens with zero attached hydrogens (tertiary/aromatic N) is 1. The lowest BCUT2D eigenvalue weighted by Crippen LogP contribution is -2.41. The van der Waals surface area contributed by atoms with Gasteiger partial charge in [-0.3, -0.25) is 0 Å². The molecule has 0 aliphatic carbocycles. The van der Waals surface area contributed by atoms with Gasteiger partial charge in [-0.05, 0) is 42.0 Å². The molecule has 6 heteroatoms. The van der Waals surface area contributed by atoms with Gasteiger partial charge in [-0.2, -0.15) is 11.8 Å². The van der Waals surface area contributed by atoms with Crippen LogP contribution in [0.15, 0.2) is 53.5 Å². The molecule has 0 saturated carbocycles. The van der Waals surface area contributed by atoms with Crippen molar-refractivity contribution in [2.24, 2.45) is 4.99 Å². The predicted octanol–water partition coefficient (Wildman–Crippen LogP) is 3.35. The van der Waals surface area contributed by atoms with Gasteiger partial charge in [0.25, 0.3) is 0 Å². The van der Waals surface area contributed by atoms with Crippen molar-refractivity contribution in [1.29, 1.82) is 0 Å². The molecule has 0 fully saturated rings. The van der Waals surface area contributed by atoms with Crippen molar-refractivity contribution >= 4 is 17.7 Å². The molecule has 146 valence electrons. The summed E-state index contributed by atoms with van der Waals surface area (Å²) < 4.78 is 13.5. The van der Waals surface area contributed by atoms with Gasteiger partial charge >= 0.3 is 0 Å². The highest BCUT2D eigenvalue weighted by Crippen LogP contribution is 2.17. The molecule has 1 unspecified atom stereocenters. The fraction of sp³-hybridized carbons (Fsp3) is 0.381. The van der Waals surface area contributed by atoms with Crippen molar-refractivity contribution < 1.29 is 9.50 Å². The fourth-order valence-corrected chi connectivity index (χ4v) is 3.30. The van der Waals surface area contributed by atoms with Gasteiger partial charge in [-0.15, -0.1) is 0 Å². The molecular weight excluding hydrogens is 361 g/mol. The van der Waals surface area contributed by atoms with Gasteiger partial charge in [0.1, 0.15) is 5.82 Å². The second-order valence-corrected chi connectivity index (χ2v) is 7.13. The molecule has 0 saturated heterocycles. The van der Waals surface area contributed by atoms with Crippen LogP contribution >= 0.6 is 11.8 Å². The standard InChI is InChI=1S/C21H28FN3OS/c1-3-23-21(25-14-20(26)11-16-7-5-4-6-8-16)24-13-17-9-10-19(22)12-18(17)15-27-2/h4-10,12,20,26H,3,11,13-15H2,1-2H3,(H2,23,24,25). The van der Waals surface area contributed by atoms with Crippen LogP contribution in [-0.4, -0.2) is 36.5 Å². The normalized spacial score (nSPS) is 12.7. The molecule has 0 bridgehead atoms. The van der Waals surface area contributed by atoms with E-state index < -0.39 is 6.10 Å². The van der Waals surface area contributed by atoms with E-state index in [4.69, 9.17) is 0 Å². The first-order valence-electron chi connectivity index (χ1n) is 9.12. The lowest BCUT2D eigenvalue weighted by molar-refractivity contribution is 0.177. The van der Waals surface area contributed by atoms with Crippen molar-refractivity contribution in [2.45, 2.75) is 31.7 Å². The van der Waals surface area contributed by atoms with Gasteiger partial charge in [0, 0.05) is 25.3 Å². The van der Waals surface area contributed by atoms with E-state index in [1.165, 1.54) is 6.07 Å². The molecule has 0 heterocycles. The number of aliphatic hydroxyl groups is 1. The number of thioether (sulfide) groups is 1. The van der Waals surface area contributed by atoms with Crippen LogP contribution in [-0.2, 0) is 18.7 Å². The Morgan fingerprint density at radius 2 is 1.93 bits per heavy atom. The molecule has 0 aromatic heterocycles. The molecule has 1 atom stereocenters. The van der Waals surface area contributed by atoms with E-state index >= 15 is 0 Å². The second kappa shape index (κ2) is 11.6. The summed E-state index contributed by atoms with van der Waals surface area (Å²) in [6.45, 7) is 3.58. The topological polar surface area (TPSA) is 56.7 Å². The Kier molecular flexibility index (Phi) is 9.15. The van der Waals surface area contributed by atoms with Crippen LogP contribution in [0.4, 0.5) is 4.39 Å². The lowest BCUT2D eigenvalue weighted by atomic mass is 10.1. The van der Waals surface area contributed by atoms with Crippen molar-refractivity contribution in [2.75, 3.05) is 19.3 Å². The average Bonchev–Trinajstić information content (AvgIpc) is 2.66. The summed E-state index contributed by atoms with van der Waals surface area (Å²) in [5.41, 5.74) is 3.07. The Morgan fingerprint density at radius 1 is 1.15 bits per heavy atom. The molecule has 0 aliphatic rings. The van der Waals surface area contributed by atoms with Crippen LogP contribution in [0.5, 0.6) is 0 Å². The molecule has 27 heavy (non-hydrogen) atoms. The van der Waals surface area contributed by atoms with E-state index in [1.807, 2.05) is 43.5 Å². The lowest BCUT2D eigenvalue weighted by Gasteiger charge is -2.16. The minimum atomic E-state index is -0.505. The molecule has 0 aliphatic heterocycles. The van der Waals surface area contributed by atoms with E-state index in [-0.39, 0.29) is 5.82 Å². The van der Waals surface area contributed by atoms with Gasteiger partial charge in [-0.1, -0.05) is 36.4 Å². The van der Waals surface area contributed by atoms with Crippen LogP contribution in [0.2, 0.25) is 0 Å². The molecular formula is C21H28FN3OS. The number of hydrogen-bond acceptors (Lipinski definition) is 3. The molecule has 2 rings (SSSR count). The summed E-state index contributed by atoms with van der Waals surface area (Å²) in [4.78, 5) is 4.59. The first-order valence-corrected chi connectivity index (χ1v) is 10.5. The maximum atomic E-state index is 13.5. The van der Waals surface area contributed by atoms with E-state index in [0.29, 0.717) is 25.5 Å². The fourth-order valence-electron chi connectivity index (χ4n) is 2.72. The van der Waals surface area contributed by atoms with E-state index in [2.05, 4.69) is 15.6 Å². The third-order valence-corrected chi connectivity index (χ3v) is 4.64. The van der Waals surface area contributed by atoms with E-state index in [9.17, 15) is 9.50 Å². The summed E-state index contributed by atoms with van der Waals surface area (Å²) in [6, 6.07) is 14.7. The zero-order chi connectivity index (χ0) is 19.5. The average molecular weight is 390 g/mol. The molecule has 0 radical (unpaired) electrons. The zero-order valence-corrected chi connectivity index (χ0v) is 16.7. The quantitative estimate of drug-likeness (QED) is 0.455. The third kappa shape index (κ3) is 7.61. The van der Waals surface area contributed by atoms with Crippen molar-refractivity contribution in [1.82, 2.24) is 10.6 Å². The van der Waals surface area contributed by atoms with Gasteiger partial charge in [0.15, 0.2) is 5.96 Å². The van der Waals surface area contributed by atoms with Gasteiger partial charge < -0.3 is 15.7 Å². The van der Waals surface area contributed by atoms with Crippen LogP contribution in [0, 0.1) is 5.82 Å². The maximum Gasteiger partial charge on any atom is 0.191 e. The number of aliphatic imine (C=N–C) groups is 1. The largest absolute Gasteiger partial charge is 0.391 e. The van der Waals surface area contributed by atoms with Gasteiger partial charge in [0.2, 0.25) is 0 Å². The predicted molar refractivity (Wildman–Crippen MR) is 113 cm³/mol. The van der Waals surface area contributed by atoms with Gasteiger partial charge in [0.05, 0.1) is 12.6 Å². The molecule has 0 spiro atoms. The number of nitrogens with one attached hydrogen (secondary N) is 2. The first-order chi connectivity index (χ1) is 13.1. The summed E-state index contributed by atoms with van der Waals surface area (Å²) in [5.74, 6) is 1.17. The highest BCUT2D eigenvalue weighted by molar-refractivity contribution is 7.97. The Morgan fingerprint density at radius 3 is 2.63 bits per heavy atom. The minimum absolute atomic E-state index is 0.221. The van der Waals surface area contributed by atoms with Crippen LogP contribution < -0.4 is 10.6 Å². The molecule has 4 nitrogen and oxygen atoms in total. The summed E-state index contributed by atoms with van der Waals surface area (Å²) >= 11 is 1.66. The van der Waals surface area contributed by atoms with E-state index in [1.54, 1.807) is 23.9 Å². The van der Waals surface area contributed by atoms with Gasteiger partial charge in [-0.25, -0.2) is 9.38 Å². The van der Waals surface area contributed by atoms with Crippen molar-refractivity contribution in [3.63, 3.8) is 0 Å². The minimum Gasteiger partial charge on any atom is -0.391 e. The number of rotatable bonds is 9. The van der Waals surface area contributed by atoms with Crippen molar-refractivity contribution in [3.05, 3.63) is 71.0 Å². The maximum absolute atomic E-state index is 13.5. The Labute approximate surface area is 165 Å². The monoisotopic (exact) mass is 389 g/mol. The van der Waals surface area contributed by atoms with E-state index in [0.717, 1.165) is 29.0 Å². The highest BCUT2D eigenvalue weighted by Gasteiger charge is 2.08. The van der Waals surface area contributed by atoms with Crippen LogP contribution in [0.25, 0.3) is 0 Å². The number of guanidine groups is 1. The third-order valence-electron chi connectivity index (χ3n) is 4.04. The Hall–Kier alpha value is -2.05. The summed E-state index contributed by atoms with van der Waals surface area (Å²) in [5, 5.41) is 16.6. The first kappa shape index (κ1) is 21.3. The van der Waals surface area contributed by atoms with Crippen LogP contribution in [0.3, 0.4) is 0 Å². The smallest absolute Gasteiger partial charge is 0.191 e. The zero-order valence-electron chi connectivity index (χ0n) is 15.9. The number of benzene rings is 2. The Balaban J connectivity index is 1.95. The molecule has 2 aromatic rings. The summed E-state index contributed by atoms with van der Waals surface area (Å²) in [6.07, 6.45) is 2.08. The molecule has 0 amide bonds. The van der Waals surface area contributed by atoms with Crippen molar-refractivity contribution in [3.8, 4) is 0 Å². The highest BCUT2D eigenvalue weighted by atomic mass is 32.2. The second-order valence-electron chi connectivity index (χ2n) is 6.27. The Bertz CT molecular complexity index is 725. The van der Waals surface area contributed by atoms with Crippen LogP contribution in [0.1, 0.15) is 23.6 Å². The number of hydrogen-bond donors (Lipinski definition) is 3. The molecule has 2 aromatic carbocycles. The summed E-state index contributed by atoms with van der Waals surface area (Å²) in [7, 11) is 0.